The van der Waals surface area contributed by atoms with Crippen molar-refractivity contribution in [3.05, 3.63) is 120 Å². The van der Waals surface area contributed by atoms with E-state index in [2.05, 4.69) is 16.8 Å². The minimum absolute atomic E-state index is 0.00599. The molecule has 250 valence electrons. The number of nitrogens with zero attached hydrogens (tertiary/aromatic N) is 1. The summed E-state index contributed by atoms with van der Waals surface area (Å²) in [7, 11) is 1.99. The van der Waals surface area contributed by atoms with Crippen molar-refractivity contribution in [2.24, 2.45) is 13.0 Å². The number of nitrogens with one attached hydrogen (secondary N) is 1. The Kier molecular flexibility index (Phi) is 14.1. The Labute approximate surface area is 298 Å². The Balaban J connectivity index is 1.45. The van der Waals surface area contributed by atoms with Crippen LogP contribution >= 0.6 is 46.4 Å². The molecule has 4 rings (SSSR count). The zero-order valence-corrected chi connectivity index (χ0v) is 30.2. The van der Waals surface area contributed by atoms with Crippen LogP contribution in [-0.2, 0) is 42.3 Å². The Bertz CT molecular complexity index is 1630. The van der Waals surface area contributed by atoms with Crippen LogP contribution in [-0.4, -0.2) is 29.5 Å². The number of benzene rings is 3. The number of carbonyl (C=O) groups is 2. The number of aromatic nitrogens is 1. The van der Waals surface area contributed by atoms with E-state index in [1.165, 1.54) is 0 Å². The number of rotatable bonds is 17. The van der Waals surface area contributed by atoms with Gasteiger partial charge in [0.2, 0.25) is 0 Å². The van der Waals surface area contributed by atoms with Gasteiger partial charge in [0.1, 0.15) is 0 Å². The molecule has 1 N–H and O–H groups in total. The summed E-state index contributed by atoms with van der Waals surface area (Å²) in [6.07, 6.45) is 6.05. The van der Waals surface area contributed by atoms with Gasteiger partial charge in [-0.25, -0.2) is 0 Å². The van der Waals surface area contributed by atoms with Crippen molar-refractivity contribution in [2.45, 2.75) is 65.2 Å². The van der Waals surface area contributed by atoms with E-state index in [9.17, 15) is 9.59 Å². The van der Waals surface area contributed by atoms with Crippen LogP contribution in [0, 0.1) is 5.92 Å². The molecule has 5 nitrogen and oxygen atoms in total. The standard InChI is InChI=1S/C38H42Cl4N2O3/c1-4-36-31(23-30(44(36)3)10-7-11-37(45)47-5-2)38(46)28-8-6-9-29(22-28)43-24-27(14-12-25-16-18-32(39)34(41)20-25)15-13-26-17-19-33(40)35(42)21-26/h6,8-9,16-23,27,43H,4-5,7,10-15,24H2,1-3H3. The molecular weight excluding hydrogens is 674 g/mol. The zero-order valence-electron chi connectivity index (χ0n) is 27.2. The summed E-state index contributed by atoms with van der Waals surface area (Å²) in [5.41, 5.74) is 6.55. The molecule has 3 aromatic carbocycles. The number of anilines is 1. The molecule has 0 radical (unpaired) electrons. The third kappa shape index (κ3) is 10.5. The molecule has 1 aromatic heterocycles. The number of aryl methyl sites for hydroxylation is 3. The number of hydrogen-bond acceptors (Lipinski definition) is 4. The molecule has 0 saturated heterocycles. The number of ether oxygens (including phenoxy) is 1. The largest absolute Gasteiger partial charge is 0.466 e. The predicted molar refractivity (Wildman–Crippen MR) is 196 cm³/mol. The molecule has 4 aromatic rings. The van der Waals surface area contributed by atoms with Crippen LogP contribution in [0.5, 0.6) is 0 Å². The Morgan fingerprint density at radius 3 is 2.02 bits per heavy atom. The van der Waals surface area contributed by atoms with Crippen LogP contribution in [0.15, 0.2) is 66.7 Å². The summed E-state index contributed by atoms with van der Waals surface area (Å²) in [5, 5.41) is 5.82. The Morgan fingerprint density at radius 2 is 1.45 bits per heavy atom. The maximum absolute atomic E-state index is 13.8. The van der Waals surface area contributed by atoms with Gasteiger partial charge in [-0.15, -0.1) is 0 Å². The average Bonchev–Trinajstić information content (AvgIpc) is 3.38. The van der Waals surface area contributed by atoms with Crippen LogP contribution in [0.4, 0.5) is 5.69 Å². The smallest absolute Gasteiger partial charge is 0.305 e. The van der Waals surface area contributed by atoms with Crippen LogP contribution in [0.25, 0.3) is 0 Å². The molecule has 9 heteroatoms. The van der Waals surface area contributed by atoms with Gasteiger partial charge in [-0.3, -0.25) is 9.59 Å². The van der Waals surface area contributed by atoms with Crippen molar-refractivity contribution in [1.29, 1.82) is 0 Å². The van der Waals surface area contributed by atoms with E-state index >= 15 is 0 Å². The SMILES string of the molecule is CCOC(=O)CCCc1cc(C(=O)c2cccc(NCC(CCc3ccc(Cl)c(Cl)c3)CCc3ccc(Cl)c(Cl)c3)c2)c(CC)n1C. The quantitative estimate of drug-likeness (QED) is 0.0873. The molecule has 0 atom stereocenters. The van der Waals surface area contributed by atoms with E-state index in [0.717, 1.165) is 66.9 Å². The minimum Gasteiger partial charge on any atom is -0.466 e. The van der Waals surface area contributed by atoms with Gasteiger partial charge in [0.05, 0.1) is 26.7 Å². The number of carbonyl (C=O) groups excluding carboxylic acids is 2. The van der Waals surface area contributed by atoms with Crippen molar-refractivity contribution < 1.29 is 14.3 Å². The van der Waals surface area contributed by atoms with Crippen molar-refractivity contribution in [3.63, 3.8) is 0 Å². The number of halogens is 4. The Hall–Kier alpha value is -2.96. The zero-order chi connectivity index (χ0) is 33.9. The fourth-order valence-corrected chi connectivity index (χ4v) is 6.52. The third-order valence-corrected chi connectivity index (χ3v) is 10.0. The van der Waals surface area contributed by atoms with Crippen molar-refractivity contribution in [2.75, 3.05) is 18.5 Å². The summed E-state index contributed by atoms with van der Waals surface area (Å²) in [6.45, 7) is 4.98. The third-order valence-electron chi connectivity index (χ3n) is 8.53. The lowest BCUT2D eigenvalue weighted by molar-refractivity contribution is -0.143. The molecule has 47 heavy (non-hydrogen) atoms. The lowest BCUT2D eigenvalue weighted by atomic mass is 9.93. The summed E-state index contributed by atoms with van der Waals surface area (Å²) in [5.74, 6) is 0.133. The van der Waals surface area contributed by atoms with E-state index in [0.29, 0.717) is 63.0 Å². The lowest BCUT2D eigenvalue weighted by Gasteiger charge is -2.19. The van der Waals surface area contributed by atoms with Crippen LogP contribution in [0.2, 0.25) is 20.1 Å². The van der Waals surface area contributed by atoms with Gasteiger partial charge >= 0.3 is 5.97 Å². The molecular formula is C38H42Cl4N2O3. The first-order chi connectivity index (χ1) is 22.6. The molecule has 1 heterocycles. The molecule has 0 aliphatic heterocycles. The first-order valence-corrected chi connectivity index (χ1v) is 17.7. The first-order valence-electron chi connectivity index (χ1n) is 16.2. The van der Waals surface area contributed by atoms with E-state index < -0.39 is 0 Å². The second kappa shape index (κ2) is 18.0. The van der Waals surface area contributed by atoms with E-state index in [4.69, 9.17) is 51.1 Å². The second-order valence-corrected chi connectivity index (χ2v) is 13.4. The molecule has 0 aliphatic carbocycles. The minimum atomic E-state index is -0.191. The van der Waals surface area contributed by atoms with Crippen molar-refractivity contribution in [3.8, 4) is 0 Å². The normalized spacial score (nSPS) is 11.2. The van der Waals surface area contributed by atoms with Gasteiger partial charge in [0.25, 0.3) is 0 Å². The molecule has 0 saturated carbocycles. The summed E-state index contributed by atoms with van der Waals surface area (Å²) in [4.78, 5) is 25.6. The van der Waals surface area contributed by atoms with Gasteiger partial charge < -0.3 is 14.6 Å². The highest BCUT2D eigenvalue weighted by molar-refractivity contribution is 6.42. The highest BCUT2D eigenvalue weighted by Crippen LogP contribution is 2.28. The predicted octanol–water partition coefficient (Wildman–Crippen LogP) is 10.6. The van der Waals surface area contributed by atoms with Crippen molar-refractivity contribution >= 4 is 63.8 Å². The molecule has 0 spiro atoms. The van der Waals surface area contributed by atoms with Gasteiger partial charge in [-0.2, -0.15) is 0 Å². The summed E-state index contributed by atoms with van der Waals surface area (Å²) >= 11 is 24.8. The molecule has 0 aliphatic rings. The molecule has 0 unspecified atom stereocenters. The summed E-state index contributed by atoms with van der Waals surface area (Å²) in [6, 6.07) is 21.3. The van der Waals surface area contributed by atoms with E-state index in [1.54, 1.807) is 0 Å². The highest BCUT2D eigenvalue weighted by atomic mass is 35.5. The van der Waals surface area contributed by atoms with Crippen LogP contribution < -0.4 is 5.32 Å². The second-order valence-electron chi connectivity index (χ2n) is 11.8. The first kappa shape index (κ1) is 36.9. The summed E-state index contributed by atoms with van der Waals surface area (Å²) < 4.78 is 7.15. The van der Waals surface area contributed by atoms with Crippen LogP contribution in [0.3, 0.4) is 0 Å². The maximum Gasteiger partial charge on any atom is 0.305 e. The number of esters is 1. The fourth-order valence-electron chi connectivity index (χ4n) is 5.88. The topological polar surface area (TPSA) is 60.3 Å². The molecule has 0 amide bonds. The maximum atomic E-state index is 13.8. The van der Waals surface area contributed by atoms with Gasteiger partial charge in [-0.1, -0.05) is 77.6 Å². The molecule has 0 fully saturated rings. The van der Waals surface area contributed by atoms with Crippen molar-refractivity contribution in [1.82, 2.24) is 4.57 Å². The van der Waals surface area contributed by atoms with E-state index in [-0.39, 0.29) is 11.8 Å². The molecule has 0 bridgehead atoms. The highest BCUT2D eigenvalue weighted by Gasteiger charge is 2.20. The van der Waals surface area contributed by atoms with Gasteiger partial charge in [0, 0.05) is 48.2 Å². The lowest BCUT2D eigenvalue weighted by Crippen LogP contribution is -2.17. The van der Waals surface area contributed by atoms with Crippen LogP contribution in [0.1, 0.15) is 78.0 Å². The Morgan fingerprint density at radius 1 is 0.809 bits per heavy atom. The number of hydrogen-bond donors (Lipinski definition) is 1. The van der Waals surface area contributed by atoms with Gasteiger partial charge in [0.15, 0.2) is 5.78 Å². The van der Waals surface area contributed by atoms with E-state index in [1.807, 2.05) is 80.7 Å². The number of ketones is 1. The fraction of sp³-hybridized carbons (Fsp3) is 0.368. The van der Waals surface area contributed by atoms with Gasteiger partial charge in [-0.05, 0) is 111 Å². The average molecular weight is 717 g/mol. The monoisotopic (exact) mass is 714 g/mol.